The Bertz CT molecular complexity index is 1090. The first-order valence-corrected chi connectivity index (χ1v) is 10.4. The van der Waals surface area contributed by atoms with Crippen molar-refractivity contribution < 1.29 is 14.3 Å². The summed E-state index contributed by atoms with van der Waals surface area (Å²) >= 11 is 11.9. The van der Waals surface area contributed by atoms with Crippen molar-refractivity contribution in [2.75, 3.05) is 6.54 Å². The first-order valence-electron chi connectivity index (χ1n) is 9.60. The summed E-state index contributed by atoms with van der Waals surface area (Å²) < 4.78 is 6.20. The van der Waals surface area contributed by atoms with Crippen LogP contribution in [0, 0.1) is 0 Å². The topological polar surface area (TPSA) is 78.6 Å². The van der Waals surface area contributed by atoms with Gasteiger partial charge in [-0.25, -0.2) is 4.79 Å². The van der Waals surface area contributed by atoms with Gasteiger partial charge in [-0.05, 0) is 61.1 Å². The van der Waals surface area contributed by atoms with Gasteiger partial charge in [0.15, 0.2) is 5.11 Å². The molecule has 0 saturated carbocycles. The molecule has 8 heteroatoms. The normalized spacial score (nSPS) is 18.5. The van der Waals surface area contributed by atoms with E-state index in [2.05, 4.69) is 22.1 Å². The Morgan fingerprint density at radius 2 is 2.13 bits per heavy atom. The molecule has 3 heterocycles. The van der Waals surface area contributed by atoms with E-state index in [1.54, 1.807) is 12.3 Å². The number of nitrogens with zero attached hydrogens (tertiary/aromatic N) is 2. The molecule has 1 saturated heterocycles. The lowest BCUT2D eigenvalue weighted by molar-refractivity contribution is 0.0697. The van der Waals surface area contributed by atoms with Gasteiger partial charge in [-0.15, -0.1) is 0 Å². The maximum Gasteiger partial charge on any atom is 0.335 e. The van der Waals surface area contributed by atoms with Crippen molar-refractivity contribution in [3.05, 3.63) is 76.8 Å². The van der Waals surface area contributed by atoms with Crippen LogP contribution in [0.4, 0.5) is 0 Å². The number of aromatic nitrogens is 1. The van der Waals surface area contributed by atoms with E-state index >= 15 is 0 Å². The van der Waals surface area contributed by atoms with Crippen molar-refractivity contribution in [1.29, 1.82) is 0 Å². The van der Waals surface area contributed by atoms with Gasteiger partial charge in [-0.1, -0.05) is 24.6 Å². The third kappa shape index (κ3) is 3.78. The highest BCUT2D eigenvalue weighted by atomic mass is 35.5. The van der Waals surface area contributed by atoms with Gasteiger partial charge in [-0.3, -0.25) is 4.98 Å². The minimum atomic E-state index is -1.02. The van der Waals surface area contributed by atoms with Gasteiger partial charge < -0.3 is 19.7 Å². The van der Waals surface area contributed by atoms with E-state index < -0.39 is 5.97 Å². The summed E-state index contributed by atoms with van der Waals surface area (Å²) in [5, 5.41) is 13.7. The van der Waals surface area contributed by atoms with Crippen molar-refractivity contribution in [2.24, 2.45) is 0 Å². The number of nitrogens with one attached hydrogen (secondary N) is 1. The average Bonchev–Trinajstić information content (AvgIpc) is 3.34. The molecule has 2 N–H and O–H groups in total. The van der Waals surface area contributed by atoms with E-state index in [9.17, 15) is 9.90 Å². The molecule has 154 valence electrons. The molecule has 30 heavy (non-hydrogen) atoms. The highest BCUT2D eigenvalue weighted by Gasteiger charge is 2.41. The Morgan fingerprint density at radius 1 is 1.30 bits per heavy atom. The zero-order valence-electron chi connectivity index (χ0n) is 16.2. The van der Waals surface area contributed by atoms with Crippen LogP contribution in [0.2, 0.25) is 5.02 Å². The predicted octanol–water partition coefficient (Wildman–Crippen LogP) is 5.08. The summed E-state index contributed by atoms with van der Waals surface area (Å²) in [6, 6.07) is 13.7. The highest BCUT2D eigenvalue weighted by molar-refractivity contribution is 7.80. The summed E-state index contributed by atoms with van der Waals surface area (Å²) in [7, 11) is 0. The minimum absolute atomic E-state index is 0.148. The van der Waals surface area contributed by atoms with Crippen LogP contribution in [-0.4, -0.2) is 32.6 Å². The second-order valence-electron chi connectivity index (χ2n) is 7.02. The number of rotatable bonds is 6. The largest absolute Gasteiger partial charge is 0.478 e. The van der Waals surface area contributed by atoms with Crippen LogP contribution < -0.4 is 5.32 Å². The Kier molecular flexibility index (Phi) is 5.74. The summed E-state index contributed by atoms with van der Waals surface area (Å²) in [6.07, 6.45) is 2.68. The number of carboxylic acid groups (broad SMARTS) is 1. The zero-order valence-corrected chi connectivity index (χ0v) is 17.8. The number of pyridine rings is 1. The van der Waals surface area contributed by atoms with Gasteiger partial charge in [0.05, 0.1) is 22.3 Å². The lowest BCUT2D eigenvalue weighted by Gasteiger charge is -2.25. The number of halogens is 1. The molecule has 1 aliphatic heterocycles. The van der Waals surface area contributed by atoms with Crippen LogP contribution in [0.5, 0.6) is 0 Å². The van der Waals surface area contributed by atoms with Gasteiger partial charge in [0.2, 0.25) is 0 Å². The Morgan fingerprint density at radius 3 is 2.83 bits per heavy atom. The van der Waals surface area contributed by atoms with Crippen LogP contribution in [0.15, 0.2) is 59.1 Å². The highest BCUT2D eigenvalue weighted by Crippen LogP contribution is 2.41. The molecule has 0 bridgehead atoms. The predicted molar refractivity (Wildman–Crippen MR) is 119 cm³/mol. The summed E-state index contributed by atoms with van der Waals surface area (Å²) in [4.78, 5) is 18.0. The number of hydrogen-bond donors (Lipinski definition) is 2. The first-order chi connectivity index (χ1) is 14.5. The molecular formula is C22H20ClN3O3S. The molecule has 1 aliphatic rings. The van der Waals surface area contributed by atoms with Crippen LogP contribution in [0.3, 0.4) is 0 Å². The van der Waals surface area contributed by atoms with E-state index in [1.807, 2.05) is 30.3 Å². The number of benzene rings is 1. The van der Waals surface area contributed by atoms with E-state index in [0.717, 1.165) is 18.7 Å². The molecule has 2 aromatic heterocycles. The van der Waals surface area contributed by atoms with Gasteiger partial charge >= 0.3 is 5.97 Å². The zero-order chi connectivity index (χ0) is 21.3. The Balaban J connectivity index is 1.75. The molecule has 4 rings (SSSR count). The van der Waals surface area contributed by atoms with Gasteiger partial charge in [0.25, 0.3) is 0 Å². The van der Waals surface area contributed by atoms with Gasteiger partial charge in [0, 0.05) is 18.3 Å². The molecule has 0 aliphatic carbocycles. The SMILES string of the molecule is CCCN1C(=S)NC(c2ccccn2)C1c1ccc(-c2cc(C(=O)O)ccc2Cl)o1. The van der Waals surface area contributed by atoms with Crippen LogP contribution in [0.1, 0.15) is 47.2 Å². The fourth-order valence-corrected chi connectivity index (χ4v) is 4.24. The second kappa shape index (κ2) is 8.45. The lowest BCUT2D eigenvalue weighted by Crippen LogP contribution is -2.30. The fourth-order valence-electron chi connectivity index (χ4n) is 3.70. The number of thiocarbonyl (C=S) groups is 1. The van der Waals surface area contributed by atoms with Gasteiger partial charge in [-0.2, -0.15) is 0 Å². The fraction of sp³-hybridized carbons (Fsp3) is 0.227. The quantitative estimate of drug-likeness (QED) is 0.516. The number of furan rings is 1. The molecule has 1 aromatic carbocycles. The third-order valence-corrected chi connectivity index (χ3v) is 5.74. The number of hydrogen-bond acceptors (Lipinski definition) is 4. The van der Waals surface area contributed by atoms with E-state index in [-0.39, 0.29) is 17.6 Å². The van der Waals surface area contributed by atoms with Crippen LogP contribution in [-0.2, 0) is 0 Å². The van der Waals surface area contributed by atoms with Crippen molar-refractivity contribution in [3.8, 4) is 11.3 Å². The van der Waals surface area contributed by atoms with E-state index in [0.29, 0.717) is 27.2 Å². The molecular weight excluding hydrogens is 422 g/mol. The second-order valence-corrected chi connectivity index (χ2v) is 7.82. The molecule has 0 spiro atoms. The smallest absolute Gasteiger partial charge is 0.335 e. The molecule has 0 radical (unpaired) electrons. The van der Waals surface area contributed by atoms with Crippen LogP contribution >= 0.6 is 23.8 Å². The van der Waals surface area contributed by atoms with Crippen molar-refractivity contribution in [2.45, 2.75) is 25.4 Å². The van der Waals surface area contributed by atoms with E-state index in [4.69, 9.17) is 28.2 Å². The molecule has 6 nitrogen and oxygen atoms in total. The average molecular weight is 442 g/mol. The molecule has 3 aromatic rings. The molecule has 2 unspecified atom stereocenters. The lowest BCUT2D eigenvalue weighted by atomic mass is 10.0. The summed E-state index contributed by atoms with van der Waals surface area (Å²) in [5.41, 5.74) is 1.55. The maximum absolute atomic E-state index is 11.4. The maximum atomic E-state index is 11.4. The molecule has 1 fully saturated rings. The number of aromatic carboxylic acids is 1. The van der Waals surface area contributed by atoms with Crippen LogP contribution in [0.25, 0.3) is 11.3 Å². The van der Waals surface area contributed by atoms with Crippen molar-refractivity contribution in [3.63, 3.8) is 0 Å². The van der Waals surface area contributed by atoms with E-state index in [1.165, 1.54) is 12.1 Å². The molecule has 0 amide bonds. The monoisotopic (exact) mass is 441 g/mol. The van der Waals surface area contributed by atoms with Gasteiger partial charge in [0.1, 0.15) is 17.6 Å². The third-order valence-electron chi connectivity index (χ3n) is 5.06. The van der Waals surface area contributed by atoms with Crippen molar-refractivity contribution >= 4 is 34.9 Å². The van der Waals surface area contributed by atoms with Crippen molar-refractivity contribution in [1.82, 2.24) is 15.2 Å². The summed E-state index contributed by atoms with van der Waals surface area (Å²) in [5.74, 6) is 0.194. The standard InChI is InChI=1S/C22H20ClN3O3S/c1-2-11-26-20(19(25-22(26)30)16-5-3-4-10-24-16)18-9-8-17(29-18)14-12-13(21(27)28)6-7-15(14)23/h3-10,12,19-20H,2,11H2,1H3,(H,25,30)(H,27,28). The first kappa shape index (κ1) is 20.4. The minimum Gasteiger partial charge on any atom is -0.478 e. The number of carboxylic acids is 1. The summed E-state index contributed by atoms with van der Waals surface area (Å²) in [6.45, 7) is 2.86. The Labute approximate surface area is 184 Å². The number of carbonyl (C=O) groups is 1. The molecule has 2 atom stereocenters. The Hall–Kier alpha value is -2.90.